The van der Waals surface area contributed by atoms with Crippen molar-refractivity contribution in [2.45, 2.75) is 13.0 Å². The number of amides is 2. The Hall–Kier alpha value is -2.61. The molecule has 0 bridgehead atoms. The van der Waals surface area contributed by atoms with Gasteiger partial charge in [0.05, 0.1) is 5.69 Å². The smallest absolute Gasteiger partial charge is 0.256 e. The molecule has 1 aliphatic rings. The van der Waals surface area contributed by atoms with Crippen LogP contribution < -0.4 is 10.6 Å². The Morgan fingerprint density at radius 2 is 2.13 bits per heavy atom. The van der Waals surface area contributed by atoms with Crippen molar-refractivity contribution < 1.29 is 14.3 Å². The van der Waals surface area contributed by atoms with E-state index >= 15 is 0 Å². The lowest BCUT2D eigenvalue weighted by molar-refractivity contribution is -0.121. The van der Waals surface area contributed by atoms with E-state index in [1.165, 1.54) is 0 Å². The monoisotopic (exact) mass is 501 g/mol. The van der Waals surface area contributed by atoms with Crippen molar-refractivity contribution in [1.82, 2.24) is 9.88 Å². The van der Waals surface area contributed by atoms with Crippen molar-refractivity contribution >= 4 is 67.6 Å². The zero-order valence-corrected chi connectivity index (χ0v) is 19.2. The number of aromatic nitrogens is 1. The molecule has 0 saturated carbocycles. The maximum absolute atomic E-state index is 12.6. The standard InChI is InChI=1S/C23H21BrClN3O3/c1-31-8-2-7-26-22(29)13-28-12-14(18-10-15(24)3-6-21(18)28)9-19-17-5-4-16(25)11-20(17)27-23(19)30/h3-6,9-12H,2,7-8,13H2,1H3,(H,26,29)(H,27,30)/b19-9+. The summed E-state index contributed by atoms with van der Waals surface area (Å²) in [4.78, 5) is 25.0. The van der Waals surface area contributed by atoms with Crippen LogP contribution in [0.2, 0.25) is 5.02 Å². The van der Waals surface area contributed by atoms with Crippen LogP contribution in [0.4, 0.5) is 5.69 Å². The summed E-state index contributed by atoms with van der Waals surface area (Å²) in [6.45, 7) is 1.35. The van der Waals surface area contributed by atoms with Crippen LogP contribution in [0.15, 0.2) is 47.1 Å². The van der Waals surface area contributed by atoms with Crippen molar-refractivity contribution in [2.24, 2.45) is 0 Å². The second-order valence-electron chi connectivity index (χ2n) is 7.27. The molecule has 1 aromatic heterocycles. The number of anilines is 1. The average Bonchev–Trinajstić information content (AvgIpc) is 3.22. The molecule has 0 aliphatic carbocycles. The van der Waals surface area contributed by atoms with E-state index in [9.17, 15) is 9.59 Å². The van der Waals surface area contributed by atoms with Gasteiger partial charge >= 0.3 is 0 Å². The van der Waals surface area contributed by atoms with Crippen molar-refractivity contribution in [3.05, 3.63) is 63.2 Å². The quantitative estimate of drug-likeness (QED) is 0.363. The van der Waals surface area contributed by atoms with Crippen LogP contribution >= 0.6 is 27.5 Å². The fourth-order valence-electron chi connectivity index (χ4n) is 3.66. The lowest BCUT2D eigenvalue weighted by Gasteiger charge is -2.07. The maximum Gasteiger partial charge on any atom is 0.256 e. The molecule has 8 heteroatoms. The summed E-state index contributed by atoms with van der Waals surface area (Å²) in [7, 11) is 1.64. The molecule has 4 rings (SSSR count). The number of benzene rings is 2. The Balaban J connectivity index is 1.68. The first-order valence-electron chi connectivity index (χ1n) is 9.83. The number of methoxy groups -OCH3 is 1. The van der Waals surface area contributed by atoms with Gasteiger partial charge in [0.15, 0.2) is 0 Å². The van der Waals surface area contributed by atoms with Gasteiger partial charge in [0.25, 0.3) is 5.91 Å². The van der Waals surface area contributed by atoms with Crippen LogP contribution in [0.5, 0.6) is 0 Å². The van der Waals surface area contributed by atoms with Gasteiger partial charge < -0.3 is 19.9 Å². The predicted molar refractivity (Wildman–Crippen MR) is 127 cm³/mol. The molecule has 0 unspecified atom stereocenters. The number of fused-ring (bicyclic) bond motifs is 2. The normalized spacial score (nSPS) is 14.2. The van der Waals surface area contributed by atoms with Gasteiger partial charge in [-0.05, 0) is 42.8 Å². The van der Waals surface area contributed by atoms with Crippen molar-refractivity contribution in [3.8, 4) is 0 Å². The Labute approximate surface area is 193 Å². The molecule has 31 heavy (non-hydrogen) atoms. The molecule has 0 radical (unpaired) electrons. The third-order valence-electron chi connectivity index (χ3n) is 5.10. The van der Waals surface area contributed by atoms with E-state index in [4.69, 9.17) is 16.3 Å². The molecule has 160 valence electrons. The van der Waals surface area contributed by atoms with E-state index in [2.05, 4.69) is 26.6 Å². The van der Waals surface area contributed by atoms with E-state index in [1.54, 1.807) is 19.2 Å². The predicted octanol–water partition coefficient (Wildman–Crippen LogP) is 4.70. The zero-order valence-electron chi connectivity index (χ0n) is 16.9. The van der Waals surface area contributed by atoms with E-state index in [0.29, 0.717) is 29.4 Å². The summed E-state index contributed by atoms with van der Waals surface area (Å²) in [6, 6.07) is 11.2. The van der Waals surface area contributed by atoms with Gasteiger partial charge in [0.2, 0.25) is 5.91 Å². The lowest BCUT2D eigenvalue weighted by atomic mass is 10.0. The molecule has 2 heterocycles. The molecule has 3 aromatic rings. The SMILES string of the molecule is COCCCNC(=O)Cn1cc(/C=C2/C(=O)Nc3cc(Cl)ccc32)c2cc(Br)ccc21. The molecular formula is C23H21BrClN3O3. The number of ether oxygens (including phenoxy) is 1. The highest BCUT2D eigenvalue weighted by Gasteiger charge is 2.25. The molecule has 2 amide bonds. The highest BCUT2D eigenvalue weighted by atomic mass is 79.9. The van der Waals surface area contributed by atoms with Crippen LogP contribution in [0.3, 0.4) is 0 Å². The van der Waals surface area contributed by atoms with E-state index < -0.39 is 0 Å². The van der Waals surface area contributed by atoms with Crippen LogP contribution in [0.1, 0.15) is 17.5 Å². The molecule has 2 aromatic carbocycles. The molecule has 0 fully saturated rings. The minimum absolute atomic E-state index is 0.0753. The summed E-state index contributed by atoms with van der Waals surface area (Å²) in [5.41, 5.74) is 3.84. The van der Waals surface area contributed by atoms with E-state index in [1.807, 2.05) is 41.1 Å². The van der Waals surface area contributed by atoms with Gasteiger partial charge in [-0.3, -0.25) is 9.59 Å². The topological polar surface area (TPSA) is 72.4 Å². The minimum atomic E-state index is -0.177. The van der Waals surface area contributed by atoms with Crippen LogP contribution in [0, 0.1) is 0 Å². The number of carbonyl (C=O) groups excluding carboxylic acids is 2. The lowest BCUT2D eigenvalue weighted by Crippen LogP contribution is -2.28. The largest absolute Gasteiger partial charge is 0.385 e. The Bertz CT molecular complexity index is 1200. The molecule has 0 atom stereocenters. The first kappa shape index (κ1) is 21.6. The third kappa shape index (κ3) is 4.69. The maximum atomic E-state index is 12.6. The first-order chi connectivity index (χ1) is 15.0. The molecule has 0 spiro atoms. The number of nitrogens with one attached hydrogen (secondary N) is 2. The van der Waals surface area contributed by atoms with Crippen LogP contribution in [0.25, 0.3) is 22.6 Å². The zero-order chi connectivity index (χ0) is 22.0. The fourth-order valence-corrected chi connectivity index (χ4v) is 4.20. The van der Waals surface area contributed by atoms with Gasteiger partial charge in [0, 0.05) is 63.6 Å². The van der Waals surface area contributed by atoms with E-state index in [-0.39, 0.29) is 18.4 Å². The van der Waals surface area contributed by atoms with Crippen LogP contribution in [-0.2, 0) is 20.9 Å². The summed E-state index contributed by atoms with van der Waals surface area (Å²) >= 11 is 9.57. The molecule has 1 aliphatic heterocycles. The Kier molecular flexibility index (Phi) is 6.46. The second-order valence-corrected chi connectivity index (χ2v) is 8.62. The number of halogens is 2. The van der Waals surface area contributed by atoms with Gasteiger partial charge in [-0.15, -0.1) is 0 Å². The Morgan fingerprint density at radius 3 is 2.94 bits per heavy atom. The van der Waals surface area contributed by atoms with Gasteiger partial charge in [0.1, 0.15) is 6.54 Å². The van der Waals surface area contributed by atoms with Crippen molar-refractivity contribution in [2.75, 3.05) is 25.6 Å². The highest BCUT2D eigenvalue weighted by Crippen LogP contribution is 2.36. The van der Waals surface area contributed by atoms with Gasteiger partial charge in [-0.1, -0.05) is 33.6 Å². The minimum Gasteiger partial charge on any atom is -0.385 e. The summed E-state index contributed by atoms with van der Waals surface area (Å²) in [6.07, 6.45) is 4.52. The summed E-state index contributed by atoms with van der Waals surface area (Å²) < 4.78 is 7.83. The summed E-state index contributed by atoms with van der Waals surface area (Å²) in [5.74, 6) is -0.252. The number of hydrogen-bond donors (Lipinski definition) is 2. The van der Waals surface area contributed by atoms with Crippen LogP contribution in [-0.4, -0.2) is 36.6 Å². The number of rotatable bonds is 7. The highest BCUT2D eigenvalue weighted by molar-refractivity contribution is 9.10. The van der Waals surface area contributed by atoms with Gasteiger partial charge in [-0.2, -0.15) is 0 Å². The molecular weight excluding hydrogens is 482 g/mol. The number of nitrogens with zero attached hydrogens (tertiary/aromatic N) is 1. The molecule has 0 saturated heterocycles. The second kappa shape index (κ2) is 9.26. The number of hydrogen-bond acceptors (Lipinski definition) is 3. The average molecular weight is 503 g/mol. The van der Waals surface area contributed by atoms with Crippen molar-refractivity contribution in [3.63, 3.8) is 0 Å². The molecule has 6 nitrogen and oxygen atoms in total. The third-order valence-corrected chi connectivity index (χ3v) is 5.83. The fraction of sp³-hybridized carbons (Fsp3) is 0.217. The first-order valence-corrected chi connectivity index (χ1v) is 11.0. The summed E-state index contributed by atoms with van der Waals surface area (Å²) in [5, 5.41) is 7.28. The Morgan fingerprint density at radius 1 is 1.29 bits per heavy atom. The number of carbonyl (C=O) groups is 2. The van der Waals surface area contributed by atoms with Crippen molar-refractivity contribution in [1.29, 1.82) is 0 Å². The van der Waals surface area contributed by atoms with E-state index in [0.717, 1.165) is 32.9 Å². The molecule has 2 N–H and O–H groups in total. The van der Waals surface area contributed by atoms with Gasteiger partial charge in [-0.25, -0.2) is 0 Å².